The van der Waals surface area contributed by atoms with Gasteiger partial charge in [0.25, 0.3) is 0 Å². The van der Waals surface area contributed by atoms with Crippen molar-refractivity contribution in [3.63, 3.8) is 0 Å². The van der Waals surface area contributed by atoms with Crippen LogP contribution in [0.4, 0.5) is 13.2 Å². The van der Waals surface area contributed by atoms with Crippen LogP contribution in [0.1, 0.15) is 33.4 Å². The van der Waals surface area contributed by atoms with Gasteiger partial charge >= 0.3 is 15.6 Å². The summed E-state index contributed by atoms with van der Waals surface area (Å²) < 4.78 is 67.7. The van der Waals surface area contributed by atoms with E-state index < -0.39 is 26.8 Å². The second-order valence-corrected chi connectivity index (χ2v) is 9.96. The van der Waals surface area contributed by atoms with Gasteiger partial charge in [-0.15, -0.1) is 0 Å². The maximum Gasteiger partial charge on any atom is 0.527 e. The third kappa shape index (κ3) is 4.50. The highest BCUT2D eigenvalue weighted by Gasteiger charge is 2.54. The lowest BCUT2D eigenvalue weighted by atomic mass is 10.1. The second kappa shape index (κ2) is 7.48. The van der Waals surface area contributed by atoms with E-state index in [0.717, 1.165) is 11.1 Å². The molecule has 0 aliphatic rings. The first kappa shape index (κ1) is 21.8. The van der Waals surface area contributed by atoms with Crippen molar-refractivity contribution in [3.05, 3.63) is 57.6 Å². The van der Waals surface area contributed by atoms with E-state index >= 15 is 0 Å². The Morgan fingerprint density at radius 1 is 0.741 bits per heavy atom. The van der Waals surface area contributed by atoms with E-state index in [0.29, 0.717) is 32.0 Å². The molecule has 3 nitrogen and oxygen atoms in total. The fourth-order valence-electron chi connectivity index (χ4n) is 3.22. The van der Waals surface area contributed by atoms with Crippen LogP contribution in [0, 0.1) is 41.5 Å². The van der Waals surface area contributed by atoms with Crippen molar-refractivity contribution in [2.75, 3.05) is 0 Å². The summed E-state index contributed by atoms with van der Waals surface area (Å²) in [5, 5.41) is 0. The average Bonchev–Trinajstić information content (AvgIpc) is 2.42. The van der Waals surface area contributed by atoms with E-state index in [9.17, 15) is 21.6 Å². The zero-order valence-electron chi connectivity index (χ0n) is 16.0. The quantitative estimate of drug-likeness (QED) is 0.495. The summed E-state index contributed by atoms with van der Waals surface area (Å²) in [5.74, 6) is 0. The normalized spacial score (nSPS) is 12.7. The molecule has 0 atom stereocenters. The molecular weight excluding hydrogens is 397 g/mol. The number of benzene rings is 2. The molecule has 0 unspecified atom stereocenters. The molecule has 0 radical (unpaired) electrons. The third-order valence-electron chi connectivity index (χ3n) is 4.02. The summed E-state index contributed by atoms with van der Waals surface area (Å²) in [4.78, 5) is 0.923. The molecule has 0 fully saturated rings. The zero-order valence-corrected chi connectivity index (χ0v) is 17.6. The van der Waals surface area contributed by atoms with Crippen LogP contribution in [0.5, 0.6) is 0 Å². The lowest BCUT2D eigenvalue weighted by Crippen LogP contribution is -2.29. The predicted molar refractivity (Wildman–Crippen MR) is 101 cm³/mol. The van der Waals surface area contributed by atoms with Crippen LogP contribution < -0.4 is 0 Å². The largest absolute Gasteiger partial charge is 0.527 e. The number of halogens is 3. The van der Waals surface area contributed by atoms with Crippen LogP contribution in [0.25, 0.3) is 0 Å². The summed E-state index contributed by atoms with van der Waals surface area (Å²) in [5.41, 5.74) is -0.862. The molecule has 2 aromatic rings. The molecule has 0 spiro atoms. The van der Waals surface area contributed by atoms with E-state index in [1.54, 1.807) is 27.7 Å². The molecule has 0 aliphatic heterocycles. The second-order valence-electron chi connectivity index (χ2n) is 6.69. The van der Waals surface area contributed by atoms with E-state index in [4.69, 9.17) is 3.63 Å². The van der Waals surface area contributed by atoms with Gasteiger partial charge in [-0.25, -0.2) is 0 Å². The van der Waals surface area contributed by atoms with Crippen molar-refractivity contribution in [1.82, 2.24) is 0 Å². The van der Waals surface area contributed by atoms with Gasteiger partial charge < -0.3 is 0 Å². The van der Waals surface area contributed by atoms with Gasteiger partial charge in [-0.2, -0.15) is 21.6 Å². The molecule has 0 saturated heterocycles. The first-order valence-electron chi connectivity index (χ1n) is 8.16. The topological polar surface area (TPSA) is 43.4 Å². The smallest absolute Gasteiger partial charge is 0.185 e. The molecule has 0 amide bonds. The van der Waals surface area contributed by atoms with Gasteiger partial charge in [-0.1, -0.05) is 35.4 Å². The first-order valence-corrected chi connectivity index (χ1v) is 10.7. The monoisotopic (exact) mass is 419 g/mol. The summed E-state index contributed by atoms with van der Waals surface area (Å²) in [6, 6.07) is 7.24. The molecule has 0 N–H and O–H groups in total. The molecular formula is C19H22F3O3S2+. The molecule has 148 valence electrons. The third-order valence-corrected chi connectivity index (χ3v) is 7.88. The summed E-state index contributed by atoms with van der Waals surface area (Å²) in [6.45, 7) is 10.7. The van der Waals surface area contributed by atoms with Crippen molar-refractivity contribution in [3.8, 4) is 0 Å². The fourth-order valence-corrected chi connectivity index (χ4v) is 6.40. The Morgan fingerprint density at radius 2 is 1.04 bits per heavy atom. The van der Waals surface area contributed by atoms with Crippen molar-refractivity contribution < 1.29 is 25.2 Å². The number of hydrogen-bond donors (Lipinski definition) is 0. The highest BCUT2D eigenvalue weighted by molar-refractivity contribution is 8.03. The predicted octanol–water partition coefficient (Wildman–Crippen LogP) is 5.35. The highest BCUT2D eigenvalue weighted by Crippen LogP contribution is 2.38. The van der Waals surface area contributed by atoms with Crippen LogP contribution in [-0.4, -0.2) is 13.9 Å². The SMILES string of the molecule is Cc1cc(C)c([S+](OS(=O)(=O)C(F)(F)F)c2c(C)cc(C)cc2C)c(C)c1. The van der Waals surface area contributed by atoms with E-state index in [-0.39, 0.29) is 0 Å². The Bertz CT molecular complexity index is 877. The lowest BCUT2D eigenvalue weighted by molar-refractivity contribution is -0.0495. The van der Waals surface area contributed by atoms with E-state index in [1.165, 1.54) is 0 Å². The van der Waals surface area contributed by atoms with Crippen LogP contribution in [0.15, 0.2) is 34.1 Å². The molecule has 2 aromatic carbocycles. The number of aryl methyl sites for hydroxylation is 6. The standard InChI is InChI=1S/C19H22F3O3S2/c1-11-7-13(3)17(14(4)8-11)26(25-27(23,24)19(20,21)22)18-15(5)9-12(2)10-16(18)6/h7-10H,1-6H3/q+1. The van der Waals surface area contributed by atoms with E-state index in [2.05, 4.69) is 0 Å². The highest BCUT2D eigenvalue weighted by atomic mass is 32.3. The van der Waals surface area contributed by atoms with Gasteiger partial charge in [0.2, 0.25) is 21.0 Å². The molecule has 0 saturated carbocycles. The minimum atomic E-state index is -5.77. The maximum atomic E-state index is 13.0. The molecule has 27 heavy (non-hydrogen) atoms. The van der Waals surface area contributed by atoms with E-state index in [1.807, 2.05) is 38.1 Å². The minimum Gasteiger partial charge on any atom is -0.185 e. The van der Waals surface area contributed by atoms with Crippen molar-refractivity contribution in [2.45, 2.75) is 56.8 Å². The molecule has 0 aliphatic carbocycles. The average molecular weight is 420 g/mol. The molecule has 0 bridgehead atoms. The van der Waals surface area contributed by atoms with Gasteiger partial charge in [0.1, 0.15) is 0 Å². The Kier molecular flexibility index (Phi) is 6.04. The number of rotatable bonds is 4. The van der Waals surface area contributed by atoms with Gasteiger partial charge in [-0.3, -0.25) is 0 Å². The number of hydrogen-bond acceptors (Lipinski definition) is 3. The molecule has 0 aromatic heterocycles. The van der Waals surface area contributed by atoms with Gasteiger partial charge in [0, 0.05) is 22.3 Å². The molecule has 0 heterocycles. The maximum absolute atomic E-state index is 13.0. The zero-order chi connectivity index (χ0) is 20.7. The van der Waals surface area contributed by atoms with Crippen LogP contribution in [0.2, 0.25) is 0 Å². The summed E-state index contributed by atoms with van der Waals surface area (Å²) in [6.07, 6.45) is 0. The lowest BCUT2D eigenvalue weighted by Gasteiger charge is -2.15. The Balaban J connectivity index is 2.80. The van der Waals surface area contributed by atoms with Gasteiger partial charge in [-0.05, 0) is 45.2 Å². The summed E-state index contributed by atoms with van der Waals surface area (Å²) >= 11 is -1.74. The molecule has 2 rings (SSSR count). The molecule has 8 heteroatoms. The summed E-state index contributed by atoms with van der Waals surface area (Å²) in [7, 11) is -5.77. The van der Waals surface area contributed by atoms with Gasteiger partial charge in [0.15, 0.2) is 0 Å². The number of alkyl halides is 3. The van der Waals surface area contributed by atoms with Gasteiger partial charge in [0.05, 0.1) is 0 Å². The fraction of sp³-hybridized carbons (Fsp3) is 0.368. The van der Waals surface area contributed by atoms with Crippen molar-refractivity contribution in [1.29, 1.82) is 0 Å². The van der Waals surface area contributed by atoms with Crippen LogP contribution >= 0.6 is 0 Å². The van der Waals surface area contributed by atoms with Crippen LogP contribution in [-0.2, 0) is 24.9 Å². The van der Waals surface area contributed by atoms with Crippen LogP contribution in [0.3, 0.4) is 0 Å². The Hall–Kier alpha value is -1.51. The first-order chi connectivity index (χ1) is 12.2. The van der Waals surface area contributed by atoms with Crippen molar-refractivity contribution >= 4 is 21.3 Å². The minimum absolute atomic E-state index is 0.462. The van der Waals surface area contributed by atoms with Crippen molar-refractivity contribution in [2.24, 2.45) is 0 Å². The Morgan fingerprint density at radius 3 is 1.30 bits per heavy atom. The Labute approximate surface area is 161 Å².